The van der Waals surface area contributed by atoms with Crippen LogP contribution in [0.1, 0.15) is 16.9 Å². The predicted molar refractivity (Wildman–Crippen MR) is 77.6 cm³/mol. The molecule has 2 aromatic rings. The Balaban J connectivity index is 1.90. The van der Waals surface area contributed by atoms with E-state index in [0.717, 1.165) is 15.4 Å². The van der Waals surface area contributed by atoms with Crippen LogP contribution in [0.3, 0.4) is 0 Å². The van der Waals surface area contributed by atoms with Crippen molar-refractivity contribution < 1.29 is 14.7 Å². The van der Waals surface area contributed by atoms with Gasteiger partial charge in [-0.2, -0.15) is 0 Å². The molecule has 1 atom stereocenters. The molecule has 1 aliphatic rings. The summed E-state index contributed by atoms with van der Waals surface area (Å²) in [5.41, 5.74) is 1.37. The summed E-state index contributed by atoms with van der Waals surface area (Å²) in [6, 6.07) is 7.64. The van der Waals surface area contributed by atoms with Crippen molar-refractivity contribution in [2.75, 3.05) is 13.1 Å². The number of amides is 1. The Labute approximate surface area is 123 Å². The number of carbonyl (C=O) groups excluding carboxylic acids is 1. The number of likely N-dealkylation sites (tertiary alicyclic amines) is 1. The first-order valence-corrected chi connectivity index (χ1v) is 7.15. The maximum absolute atomic E-state index is 12.5. The summed E-state index contributed by atoms with van der Waals surface area (Å²) in [6.45, 7) is 0.758. The number of benzene rings is 1. The topological polar surface area (TPSA) is 73.4 Å². The number of hydrogen-bond donors (Lipinski definition) is 2. The van der Waals surface area contributed by atoms with Crippen molar-refractivity contribution >= 4 is 38.7 Å². The Bertz CT molecular complexity index is 695. The van der Waals surface area contributed by atoms with Gasteiger partial charge < -0.3 is 15.0 Å². The van der Waals surface area contributed by atoms with E-state index in [4.69, 9.17) is 5.11 Å². The predicted octanol–water partition coefficient (Wildman–Crippen LogP) is 2.48. The van der Waals surface area contributed by atoms with Crippen LogP contribution in [-0.4, -0.2) is 40.0 Å². The fraction of sp³-hybridized carbons (Fsp3) is 0.286. The first-order chi connectivity index (χ1) is 9.58. The first kappa shape index (κ1) is 13.2. The average Bonchev–Trinajstić information content (AvgIpc) is 3.04. The molecule has 0 bridgehead atoms. The van der Waals surface area contributed by atoms with Gasteiger partial charge in [-0.3, -0.25) is 9.59 Å². The molecular formula is C14H13BrN2O3. The number of aliphatic carboxylic acids is 1. The van der Waals surface area contributed by atoms with E-state index in [1.807, 2.05) is 24.3 Å². The molecule has 6 heteroatoms. The zero-order valence-electron chi connectivity index (χ0n) is 10.6. The zero-order valence-corrected chi connectivity index (χ0v) is 12.2. The summed E-state index contributed by atoms with van der Waals surface area (Å²) in [5.74, 6) is -1.45. The minimum atomic E-state index is -0.837. The van der Waals surface area contributed by atoms with Gasteiger partial charge in [0, 0.05) is 24.0 Å². The van der Waals surface area contributed by atoms with E-state index in [9.17, 15) is 9.59 Å². The largest absolute Gasteiger partial charge is 0.481 e. The van der Waals surface area contributed by atoms with E-state index in [2.05, 4.69) is 20.9 Å². The summed E-state index contributed by atoms with van der Waals surface area (Å²) in [5, 5.41) is 9.95. The Morgan fingerprint density at radius 3 is 2.75 bits per heavy atom. The molecule has 1 aliphatic heterocycles. The van der Waals surface area contributed by atoms with Crippen LogP contribution in [0.25, 0.3) is 10.9 Å². The van der Waals surface area contributed by atoms with Crippen molar-refractivity contribution in [1.82, 2.24) is 9.88 Å². The van der Waals surface area contributed by atoms with Crippen LogP contribution in [0.5, 0.6) is 0 Å². The van der Waals surface area contributed by atoms with Crippen LogP contribution < -0.4 is 0 Å². The second-order valence-electron chi connectivity index (χ2n) is 4.93. The standard InChI is InChI=1S/C14H13BrN2O3/c15-11-9-3-1-2-4-10(9)16-12(11)13(18)17-6-5-8(7-17)14(19)20/h1-4,8,16H,5-7H2,(H,19,20). The number of aromatic nitrogens is 1. The van der Waals surface area contributed by atoms with Gasteiger partial charge >= 0.3 is 5.97 Å². The van der Waals surface area contributed by atoms with Crippen molar-refractivity contribution in [3.63, 3.8) is 0 Å². The lowest BCUT2D eigenvalue weighted by Gasteiger charge is -2.15. The van der Waals surface area contributed by atoms with Crippen LogP contribution in [0, 0.1) is 5.92 Å². The van der Waals surface area contributed by atoms with E-state index >= 15 is 0 Å². The molecule has 1 fully saturated rings. The Kier molecular flexibility index (Phi) is 3.25. The smallest absolute Gasteiger partial charge is 0.308 e. The minimum absolute atomic E-state index is 0.156. The van der Waals surface area contributed by atoms with Crippen LogP contribution >= 0.6 is 15.9 Å². The van der Waals surface area contributed by atoms with Gasteiger partial charge in [-0.05, 0) is 28.4 Å². The lowest BCUT2D eigenvalue weighted by Crippen LogP contribution is -2.30. The highest BCUT2D eigenvalue weighted by Crippen LogP contribution is 2.29. The van der Waals surface area contributed by atoms with E-state index in [0.29, 0.717) is 18.7 Å². The van der Waals surface area contributed by atoms with E-state index in [-0.39, 0.29) is 12.5 Å². The van der Waals surface area contributed by atoms with Crippen molar-refractivity contribution in [2.24, 2.45) is 5.92 Å². The monoisotopic (exact) mass is 336 g/mol. The maximum atomic E-state index is 12.5. The van der Waals surface area contributed by atoms with Gasteiger partial charge in [0.2, 0.25) is 0 Å². The average molecular weight is 337 g/mol. The number of nitrogens with one attached hydrogen (secondary N) is 1. The Hall–Kier alpha value is -1.82. The van der Waals surface area contributed by atoms with E-state index < -0.39 is 11.9 Å². The van der Waals surface area contributed by atoms with Crippen LogP contribution in [-0.2, 0) is 4.79 Å². The highest BCUT2D eigenvalue weighted by atomic mass is 79.9. The third kappa shape index (κ3) is 2.10. The summed E-state index contributed by atoms with van der Waals surface area (Å²) in [6.07, 6.45) is 0.513. The molecule has 0 aliphatic carbocycles. The molecule has 0 radical (unpaired) electrons. The molecule has 0 saturated carbocycles. The SMILES string of the molecule is O=C(O)C1CCN(C(=O)c2[nH]c3ccccc3c2Br)C1. The normalized spacial score (nSPS) is 18.6. The maximum Gasteiger partial charge on any atom is 0.308 e. The molecule has 2 heterocycles. The van der Waals surface area contributed by atoms with Gasteiger partial charge in [0.15, 0.2) is 0 Å². The molecule has 1 unspecified atom stereocenters. The van der Waals surface area contributed by atoms with Gasteiger partial charge in [0.05, 0.1) is 10.4 Å². The van der Waals surface area contributed by atoms with E-state index in [1.54, 1.807) is 4.90 Å². The second-order valence-corrected chi connectivity index (χ2v) is 5.73. The molecule has 20 heavy (non-hydrogen) atoms. The van der Waals surface area contributed by atoms with Crippen molar-refractivity contribution in [3.05, 3.63) is 34.4 Å². The quantitative estimate of drug-likeness (QED) is 0.884. The van der Waals surface area contributed by atoms with Crippen LogP contribution in [0.15, 0.2) is 28.7 Å². The third-order valence-electron chi connectivity index (χ3n) is 3.68. The number of fused-ring (bicyclic) bond motifs is 1. The molecule has 2 N–H and O–H groups in total. The molecule has 104 valence electrons. The van der Waals surface area contributed by atoms with Gasteiger partial charge in [0.25, 0.3) is 5.91 Å². The number of aromatic amines is 1. The third-order valence-corrected chi connectivity index (χ3v) is 4.50. The van der Waals surface area contributed by atoms with Gasteiger partial charge in [-0.15, -0.1) is 0 Å². The number of halogens is 1. The second kappa shape index (κ2) is 4.94. The Morgan fingerprint density at radius 1 is 1.35 bits per heavy atom. The molecule has 5 nitrogen and oxygen atoms in total. The van der Waals surface area contributed by atoms with Gasteiger partial charge in [0.1, 0.15) is 5.69 Å². The number of carboxylic acid groups (broad SMARTS) is 1. The summed E-state index contributed by atoms with van der Waals surface area (Å²) in [7, 11) is 0. The number of carboxylic acids is 1. The summed E-state index contributed by atoms with van der Waals surface area (Å²) in [4.78, 5) is 28.1. The molecule has 1 saturated heterocycles. The molecule has 1 aromatic carbocycles. The fourth-order valence-electron chi connectivity index (χ4n) is 2.56. The Morgan fingerprint density at radius 2 is 2.10 bits per heavy atom. The van der Waals surface area contributed by atoms with Crippen LogP contribution in [0.2, 0.25) is 0 Å². The number of para-hydroxylation sites is 1. The van der Waals surface area contributed by atoms with Gasteiger partial charge in [-0.1, -0.05) is 18.2 Å². The number of rotatable bonds is 2. The fourth-order valence-corrected chi connectivity index (χ4v) is 3.17. The van der Waals surface area contributed by atoms with Crippen molar-refractivity contribution in [1.29, 1.82) is 0 Å². The van der Waals surface area contributed by atoms with Crippen molar-refractivity contribution in [2.45, 2.75) is 6.42 Å². The number of nitrogens with zero attached hydrogens (tertiary/aromatic N) is 1. The van der Waals surface area contributed by atoms with E-state index in [1.165, 1.54) is 0 Å². The highest BCUT2D eigenvalue weighted by Gasteiger charge is 2.32. The first-order valence-electron chi connectivity index (χ1n) is 6.36. The minimum Gasteiger partial charge on any atom is -0.481 e. The van der Waals surface area contributed by atoms with Gasteiger partial charge in [-0.25, -0.2) is 0 Å². The summed E-state index contributed by atoms with van der Waals surface area (Å²) >= 11 is 3.45. The lowest BCUT2D eigenvalue weighted by atomic mass is 10.1. The summed E-state index contributed by atoms with van der Waals surface area (Å²) < 4.78 is 0.733. The lowest BCUT2D eigenvalue weighted by molar-refractivity contribution is -0.141. The number of hydrogen-bond acceptors (Lipinski definition) is 2. The molecule has 0 spiro atoms. The van der Waals surface area contributed by atoms with Crippen LogP contribution in [0.4, 0.5) is 0 Å². The number of H-pyrrole nitrogens is 1. The molecule has 1 aromatic heterocycles. The zero-order chi connectivity index (χ0) is 14.3. The molecule has 1 amide bonds. The highest BCUT2D eigenvalue weighted by molar-refractivity contribution is 9.10. The van der Waals surface area contributed by atoms with Crippen molar-refractivity contribution in [3.8, 4) is 0 Å². The number of carbonyl (C=O) groups is 2. The molecule has 3 rings (SSSR count). The molecular weight excluding hydrogens is 324 g/mol.